The monoisotopic (exact) mass is 558 g/mol. The van der Waals surface area contributed by atoms with Crippen LogP contribution in [0.1, 0.15) is 40.2 Å². The number of rotatable bonds is 12. The normalized spacial score (nSPS) is 12.3. The molecular formula is C27H33F3N8O2. The third-order valence-electron chi connectivity index (χ3n) is 6.53. The number of aromatic amines is 1. The molecule has 2 aromatic carbocycles. The van der Waals surface area contributed by atoms with E-state index >= 15 is 0 Å². The van der Waals surface area contributed by atoms with Gasteiger partial charge in [0.1, 0.15) is 17.3 Å². The van der Waals surface area contributed by atoms with Crippen LogP contribution in [0, 0.1) is 0 Å². The van der Waals surface area contributed by atoms with Gasteiger partial charge in [-0.05, 0) is 55.7 Å². The van der Waals surface area contributed by atoms with Crippen molar-refractivity contribution in [3.8, 4) is 0 Å². The number of nitrogens with zero attached hydrogens (tertiary/aromatic N) is 2. The Labute approximate surface area is 228 Å². The average Bonchev–Trinajstić information content (AvgIpc) is 3.29. The second-order valence-corrected chi connectivity index (χ2v) is 9.51. The van der Waals surface area contributed by atoms with Crippen LogP contribution in [0.25, 0.3) is 21.9 Å². The Morgan fingerprint density at radius 1 is 1.05 bits per heavy atom. The minimum absolute atomic E-state index is 0.135. The average molecular weight is 559 g/mol. The molecule has 4 aromatic rings. The van der Waals surface area contributed by atoms with Crippen molar-refractivity contribution < 1.29 is 22.7 Å². The first-order chi connectivity index (χ1) is 19.0. The maximum absolute atomic E-state index is 13.4. The van der Waals surface area contributed by atoms with E-state index in [4.69, 9.17) is 26.9 Å². The number of alkyl halides is 3. The highest BCUT2D eigenvalue weighted by molar-refractivity contribution is 6.12. The Morgan fingerprint density at radius 2 is 1.82 bits per heavy atom. The molecule has 2 heterocycles. The number of nitrogens with two attached hydrogens (primary N) is 3. The van der Waals surface area contributed by atoms with Crippen LogP contribution in [-0.2, 0) is 16.8 Å². The molecule has 0 aliphatic rings. The van der Waals surface area contributed by atoms with E-state index < -0.39 is 17.8 Å². The molecule has 0 radical (unpaired) electrons. The smallest absolute Gasteiger partial charge is 0.423 e. The molecular weight excluding hydrogens is 525 g/mol. The Bertz CT molecular complexity index is 1490. The molecule has 0 spiro atoms. The van der Waals surface area contributed by atoms with Gasteiger partial charge >= 0.3 is 12.1 Å². The van der Waals surface area contributed by atoms with Crippen molar-refractivity contribution >= 4 is 33.7 Å². The molecule has 2 aromatic heterocycles. The summed E-state index contributed by atoms with van der Waals surface area (Å²) in [5.41, 5.74) is 15.2. The van der Waals surface area contributed by atoms with E-state index in [1.54, 1.807) is 24.3 Å². The largest absolute Gasteiger partial charge is 0.465 e. The molecule has 10 nitrogen and oxygen atoms in total. The van der Waals surface area contributed by atoms with E-state index in [0.29, 0.717) is 47.0 Å². The molecule has 0 aliphatic heterocycles. The van der Waals surface area contributed by atoms with Crippen LogP contribution < -0.4 is 27.8 Å². The number of ether oxygens (including phenoxy) is 1. The first-order valence-electron chi connectivity index (χ1n) is 12.8. The van der Waals surface area contributed by atoms with Crippen molar-refractivity contribution in [2.75, 3.05) is 38.6 Å². The number of hydrogen-bond donors (Lipinski definition) is 6. The number of carbonyl (C=O) groups is 1. The van der Waals surface area contributed by atoms with Crippen molar-refractivity contribution in [1.82, 2.24) is 20.3 Å². The van der Waals surface area contributed by atoms with E-state index in [1.165, 1.54) is 25.3 Å². The summed E-state index contributed by atoms with van der Waals surface area (Å²) in [5.74, 6) is 0.472. The van der Waals surface area contributed by atoms with Gasteiger partial charge in [0, 0.05) is 23.9 Å². The molecule has 0 bridgehead atoms. The molecule has 214 valence electrons. The third-order valence-corrected chi connectivity index (χ3v) is 6.53. The fourth-order valence-electron chi connectivity index (χ4n) is 4.35. The highest BCUT2D eigenvalue weighted by Gasteiger charge is 2.50. The number of benzene rings is 2. The Morgan fingerprint density at radius 3 is 2.55 bits per heavy atom. The van der Waals surface area contributed by atoms with Crippen LogP contribution in [0.4, 0.5) is 19.0 Å². The number of esters is 1. The fourth-order valence-corrected chi connectivity index (χ4v) is 4.35. The highest BCUT2D eigenvalue weighted by Crippen LogP contribution is 2.34. The lowest BCUT2D eigenvalue weighted by Crippen LogP contribution is -2.57. The lowest BCUT2D eigenvalue weighted by molar-refractivity contribution is -0.188. The van der Waals surface area contributed by atoms with Gasteiger partial charge in [-0.2, -0.15) is 13.2 Å². The van der Waals surface area contributed by atoms with E-state index in [0.717, 1.165) is 36.7 Å². The molecule has 0 atom stereocenters. The van der Waals surface area contributed by atoms with Crippen LogP contribution in [0.3, 0.4) is 0 Å². The SMILES string of the molecule is COC(=O)c1ccc2c(c1)[nH]c1nc(Cc3cccc(C(N)(N)C(F)(F)F)c3)nc(NCCCNCCCN)c12. The fraction of sp³-hybridized carbons (Fsp3) is 0.370. The van der Waals surface area contributed by atoms with E-state index in [-0.39, 0.29) is 12.0 Å². The Balaban J connectivity index is 1.67. The van der Waals surface area contributed by atoms with Gasteiger partial charge in [0.25, 0.3) is 0 Å². The molecule has 13 heteroatoms. The number of nitrogens with one attached hydrogen (secondary N) is 3. The second kappa shape index (κ2) is 12.2. The second-order valence-electron chi connectivity index (χ2n) is 9.51. The summed E-state index contributed by atoms with van der Waals surface area (Å²) in [4.78, 5) is 24.7. The lowest BCUT2D eigenvalue weighted by Gasteiger charge is -2.28. The molecule has 0 saturated heterocycles. The molecule has 0 saturated carbocycles. The quantitative estimate of drug-likeness (QED) is 0.0869. The van der Waals surface area contributed by atoms with Crippen LogP contribution in [0.5, 0.6) is 0 Å². The van der Waals surface area contributed by atoms with E-state index in [2.05, 4.69) is 20.6 Å². The molecule has 0 aliphatic carbocycles. The van der Waals surface area contributed by atoms with Gasteiger partial charge in [-0.3, -0.25) is 0 Å². The molecule has 0 fully saturated rings. The minimum Gasteiger partial charge on any atom is -0.465 e. The standard InChI is InChI=1S/C27H33F3N8O2/c1-40-25(39)17-7-8-19-20(15-17)36-24-22(19)23(35-12-4-11-34-10-3-9-31)37-21(38-24)14-16-5-2-6-18(13-16)26(32,33)27(28,29)30/h2,5-8,13,15,34H,3-4,9-12,14,31-33H2,1H3,(H2,35,36,37,38). The summed E-state index contributed by atoms with van der Waals surface area (Å²) in [7, 11) is 1.31. The van der Waals surface area contributed by atoms with E-state index in [9.17, 15) is 18.0 Å². The molecule has 0 unspecified atom stereocenters. The molecule has 40 heavy (non-hydrogen) atoms. The van der Waals surface area contributed by atoms with Crippen molar-refractivity contribution in [3.63, 3.8) is 0 Å². The molecule has 4 rings (SSSR count). The maximum atomic E-state index is 13.4. The first-order valence-corrected chi connectivity index (χ1v) is 12.8. The molecule has 0 amide bonds. The number of hydrogen-bond acceptors (Lipinski definition) is 9. The minimum atomic E-state index is -4.83. The van der Waals surface area contributed by atoms with Gasteiger partial charge in [-0.25, -0.2) is 14.8 Å². The first kappa shape index (κ1) is 29.2. The van der Waals surface area contributed by atoms with Gasteiger partial charge in [0.05, 0.1) is 18.1 Å². The third kappa shape index (κ3) is 6.33. The van der Waals surface area contributed by atoms with E-state index in [1.807, 2.05) is 0 Å². The topological polar surface area (TPSA) is 170 Å². The van der Waals surface area contributed by atoms with Gasteiger partial charge in [-0.15, -0.1) is 0 Å². The number of H-pyrrole nitrogens is 1. The number of aromatic nitrogens is 3. The Hall–Kier alpha value is -3.78. The van der Waals surface area contributed by atoms with Gasteiger partial charge in [0.15, 0.2) is 5.66 Å². The van der Waals surface area contributed by atoms with Gasteiger partial charge in [-0.1, -0.05) is 30.3 Å². The van der Waals surface area contributed by atoms with Crippen molar-refractivity contribution in [2.45, 2.75) is 31.1 Å². The zero-order valence-corrected chi connectivity index (χ0v) is 22.1. The Kier molecular flexibility index (Phi) is 8.88. The van der Waals surface area contributed by atoms with Gasteiger partial charge in [0.2, 0.25) is 0 Å². The summed E-state index contributed by atoms with van der Waals surface area (Å²) < 4.78 is 45.1. The zero-order valence-electron chi connectivity index (χ0n) is 22.1. The number of carbonyl (C=O) groups excluding carboxylic acids is 1. The van der Waals surface area contributed by atoms with Crippen LogP contribution >= 0.6 is 0 Å². The van der Waals surface area contributed by atoms with Crippen molar-refractivity contribution in [1.29, 1.82) is 0 Å². The molecule has 9 N–H and O–H groups in total. The number of fused-ring (bicyclic) bond motifs is 3. The lowest BCUT2D eigenvalue weighted by atomic mass is 9.97. The predicted molar refractivity (Wildman–Crippen MR) is 148 cm³/mol. The maximum Gasteiger partial charge on any atom is 0.423 e. The van der Waals surface area contributed by atoms with Crippen molar-refractivity contribution in [2.24, 2.45) is 17.2 Å². The summed E-state index contributed by atoms with van der Waals surface area (Å²) in [5, 5.41) is 8.24. The van der Waals surface area contributed by atoms with Crippen LogP contribution in [0.15, 0.2) is 42.5 Å². The number of methoxy groups -OCH3 is 1. The summed E-state index contributed by atoms with van der Waals surface area (Å²) in [6.07, 6.45) is -2.98. The number of anilines is 1. The summed E-state index contributed by atoms with van der Waals surface area (Å²) in [6, 6.07) is 10.8. The zero-order chi connectivity index (χ0) is 28.9. The van der Waals surface area contributed by atoms with Crippen LogP contribution in [0.2, 0.25) is 0 Å². The summed E-state index contributed by atoms with van der Waals surface area (Å²) in [6.45, 7) is 2.86. The highest BCUT2D eigenvalue weighted by atomic mass is 19.4. The summed E-state index contributed by atoms with van der Waals surface area (Å²) >= 11 is 0. The van der Waals surface area contributed by atoms with Gasteiger partial charge < -0.3 is 37.6 Å². The number of halogens is 3. The van der Waals surface area contributed by atoms with Crippen molar-refractivity contribution in [3.05, 3.63) is 65.0 Å². The van der Waals surface area contributed by atoms with Crippen LogP contribution in [-0.4, -0.2) is 60.4 Å². The predicted octanol–water partition coefficient (Wildman–Crippen LogP) is 2.86.